The molecule has 0 fully saturated rings. The maximum absolute atomic E-state index is 10.8. The average molecular weight is 407 g/mol. The largest absolute Gasteiger partial charge is 0.492 e. The number of benzene rings is 2. The lowest BCUT2D eigenvalue weighted by atomic mass is 10.0. The molecule has 2 aromatic carbocycles. The summed E-state index contributed by atoms with van der Waals surface area (Å²) in [4.78, 5) is 10.8. The molecule has 0 aliphatic carbocycles. The molecule has 0 amide bonds. The van der Waals surface area contributed by atoms with Gasteiger partial charge in [0.1, 0.15) is 21.8 Å². The van der Waals surface area contributed by atoms with Crippen LogP contribution >= 0.6 is 11.3 Å². The van der Waals surface area contributed by atoms with Crippen LogP contribution in [-0.2, 0) is 11.2 Å². The maximum atomic E-state index is 10.8. The van der Waals surface area contributed by atoms with E-state index in [1.165, 1.54) is 11.3 Å². The molecular formula is C22H21N3O3S. The highest BCUT2D eigenvalue weighted by atomic mass is 32.1. The quantitative estimate of drug-likeness (QED) is 0.573. The van der Waals surface area contributed by atoms with Crippen molar-refractivity contribution in [1.29, 1.82) is 5.26 Å². The molecule has 29 heavy (non-hydrogen) atoms. The molecule has 1 aromatic heterocycles. The lowest BCUT2D eigenvalue weighted by molar-refractivity contribution is -0.136. The number of carboxylic acids is 1. The number of aromatic nitrogens is 2. The van der Waals surface area contributed by atoms with Crippen molar-refractivity contribution in [2.45, 2.75) is 33.1 Å². The van der Waals surface area contributed by atoms with Gasteiger partial charge in [0.15, 0.2) is 0 Å². The van der Waals surface area contributed by atoms with Gasteiger partial charge >= 0.3 is 5.97 Å². The lowest BCUT2D eigenvalue weighted by Gasteiger charge is -2.07. The fourth-order valence-electron chi connectivity index (χ4n) is 2.91. The van der Waals surface area contributed by atoms with E-state index in [9.17, 15) is 10.1 Å². The van der Waals surface area contributed by atoms with Crippen LogP contribution in [0.25, 0.3) is 21.1 Å². The second-order valence-electron chi connectivity index (χ2n) is 6.63. The van der Waals surface area contributed by atoms with E-state index in [0.29, 0.717) is 24.3 Å². The van der Waals surface area contributed by atoms with E-state index in [4.69, 9.17) is 9.84 Å². The van der Waals surface area contributed by atoms with E-state index in [1.807, 2.05) is 38.1 Å². The Balaban J connectivity index is 1.84. The fraction of sp³-hybridized carbons (Fsp3) is 0.273. The van der Waals surface area contributed by atoms with Crippen molar-refractivity contribution in [1.82, 2.24) is 10.2 Å². The monoisotopic (exact) mass is 407 g/mol. The van der Waals surface area contributed by atoms with Gasteiger partial charge in [-0.2, -0.15) is 5.26 Å². The van der Waals surface area contributed by atoms with Crippen LogP contribution in [0.2, 0.25) is 0 Å². The standard InChI is InChI=1S/C22H21N3O3S/c1-3-10-28-19-8-6-16(12-17(19)13-23)21-24-25-22(29-21)18-7-4-15(11-14(18)2)5-9-20(26)27/h4,6-8,11-12H,3,5,9-10H2,1-2H3,(H,26,27). The van der Waals surface area contributed by atoms with E-state index in [1.54, 1.807) is 12.1 Å². The van der Waals surface area contributed by atoms with Crippen LogP contribution < -0.4 is 4.74 Å². The van der Waals surface area contributed by atoms with E-state index >= 15 is 0 Å². The molecule has 0 unspecified atom stereocenters. The van der Waals surface area contributed by atoms with Crippen molar-refractivity contribution >= 4 is 17.3 Å². The predicted molar refractivity (Wildman–Crippen MR) is 112 cm³/mol. The van der Waals surface area contributed by atoms with Crippen LogP contribution in [0.5, 0.6) is 5.75 Å². The number of aryl methyl sites for hydroxylation is 2. The molecule has 0 aliphatic heterocycles. The Morgan fingerprint density at radius 2 is 2.00 bits per heavy atom. The molecule has 0 aliphatic rings. The molecule has 0 radical (unpaired) electrons. The number of carbonyl (C=O) groups is 1. The normalized spacial score (nSPS) is 10.5. The van der Waals surface area contributed by atoms with Crippen LogP contribution in [0, 0.1) is 18.3 Å². The number of aliphatic carboxylic acids is 1. The first-order valence-corrected chi connectivity index (χ1v) is 10.2. The summed E-state index contributed by atoms with van der Waals surface area (Å²) in [6.45, 7) is 4.57. The number of nitrogens with zero attached hydrogens (tertiary/aromatic N) is 3. The molecule has 6 nitrogen and oxygen atoms in total. The van der Waals surface area contributed by atoms with Crippen molar-refractivity contribution in [3.63, 3.8) is 0 Å². The molecule has 1 N–H and O–H groups in total. The number of carboxylic acid groups (broad SMARTS) is 1. The molecular weight excluding hydrogens is 386 g/mol. The zero-order valence-corrected chi connectivity index (χ0v) is 17.1. The molecule has 0 saturated heterocycles. The van der Waals surface area contributed by atoms with Gasteiger partial charge in [0.25, 0.3) is 0 Å². The van der Waals surface area contributed by atoms with Gasteiger partial charge in [0.2, 0.25) is 0 Å². The minimum absolute atomic E-state index is 0.112. The first-order valence-electron chi connectivity index (χ1n) is 9.34. The zero-order valence-electron chi connectivity index (χ0n) is 16.3. The Labute approximate surface area is 173 Å². The summed E-state index contributed by atoms with van der Waals surface area (Å²) >= 11 is 1.45. The van der Waals surface area contributed by atoms with Gasteiger partial charge in [0, 0.05) is 17.5 Å². The molecule has 3 aromatic rings. The SMILES string of the molecule is CCCOc1ccc(-c2nnc(-c3ccc(CCC(=O)O)cc3C)s2)cc1C#N. The molecule has 1 heterocycles. The molecule has 0 atom stereocenters. The third kappa shape index (κ3) is 4.98. The van der Waals surface area contributed by atoms with E-state index in [-0.39, 0.29) is 6.42 Å². The maximum Gasteiger partial charge on any atom is 0.303 e. The Morgan fingerprint density at radius 1 is 1.21 bits per heavy atom. The molecule has 3 rings (SSSR count). The summed E-state index contributed by atoms with van der Waals surface area (Å²) in [5.41, 5.74) is 4.28. The summed E-state index contributed by atoms with van der Waals surface area (Å²) in [7, 11) is 0. The van der Waals surface area contributed by atoms with Gasteiger partial charge in [0.05, 0.1) is 12.2 Å². The van der Waals surface area contributed by atoms with Crippen LogP contribution in [0.3, 0.4) is 0 Å². The van der Waals surface area contributed by atoms with Crippen LogP contribution in [0.4, 0.5) is 0 Å². The summed E-state index contributed by atoms with van der Waals surface area (Å²) in [6, 6.07) is 13.5. The second-order valence-corrected chi connectivity index (χ2v) is 7.60. The number of rotatable bonds is 8. The minimum Gasteiger partial charge on any atom is -0.492 e. The first-order chi connectivity index (χ1) is 14.0. The van der Waals surface area contributed by atoms with Gasteiger partial charge in [-0.05, 0) is 49.1 Å². The number of nitriles is 1. The van der Waals surface area contributed by atoms with Crippen molar-refractivity contribution in [2.75, 3.05) is 6.61 Å². The van der Waals surface area contributed by atoms with Crippen LogP contribution in [0.15, 0.2) is 36.4 Å². The Kier molecular flexibility index (Phi) is 6.57. The zero-order chi connectivity index (χ0) is 20.8. The topological polar surface area (TPSA) is 96.1 Å². The van der Waals surface area contributed by atoms with Crippen molar-refractivity contribution < 1.29 is 14.6 Å². The third-order valence-electron chi connectivity index (χ3n) is 4.38. The third-order valence-corrected chi connectivity index (χ3v) is 5.39. The first kappa shape index (κ1) is 20.5. The van der Waals surface area contributed by atoms with Gasteiger partial charge in [-0.15, -0.1) is 10.2 Å². The molecule has 0 saturated carbocycles. The Bertz CT molecular complexity index is 1070. The van der Waals surface area contributed by atoms with E-state index in [0.717, 1.165) is 38.7 Å². The van der Waals surface area contributed by atoms with Crippen LogP contribution in [-0.4, -0.2) is 27.9 Å². The Hall–Kier alpha value is -3.24. The lowest BCUT2D eigenvalue weighted by Crippen LogP contribution is -1.98. The van der Waals surface area contributed by atoms with E-state index in [2.05, 4.69) is 16.3 Å². The average Bonchev–Trinajstić information content (AvgIpc) is 3.20. The van der Waals surface area contributed by atoms with Crippen molar-refractivity contribution in [2.24, 2.45) is 0 Å². The highest BCUT2D eigenvalue weighted by Gasteiger charge is 2.13. The van der Waals surface area contributed by atoms with E-state index < -0.39 is 5.97 Å². The van der Waals surface area contributed by atoms with Gasteiger partial charge < -0.3 is 9.84 Å². The summed E-state index contributed by atoms with van der Waals surface area (Å²) in [5, 5.41) is 28.4. The number of hydrogen-bond donors (Lipinski definition) is 1. The van der Waals surface area contributed by atoms with Crippen LogP contribution in [0.1, 0.15) is 36.5 Å². The number of hydrogen-bond acceptors (Lipinski definition) is 6. The number of ether oxygens (including phenoxy) is 1. The predicted octanol–water partition coefficient (Wildman–Crippen LogP) is 4.86. The van der Waals surface area contributed by atoms with Crippen molar-refractivity contribution in [3.8, 4) is 33.0 Å². The summed E-state index contributed by atoms with van der Waals surface area (Å²) < 4.78 is 5.61. The van der Waals surface area contributed by atoms with Gasteiger partial charge in [-0.25, -0.2) is 0 Å². The highest BCUT2D eigenvalue weighted by molar-refractivity contribution is 7.17. The second kappa shape index (κ2) is 9.30. The molecule has 0 bridgehead atoms. The molecule has 0 spiro atoms. The van der Waals surface area contributed by atoms with Gasteiger partial charge in [-0.1, -0.05) is 36.5 Å². The molecule has 7 heteroatoms. The highest BCUT2D eigenvalue weighted by Crippen LogP contribution is 2.34. The molecule has 148 valence electrons. The fourth-order valence-corrected chi connectivity index (χ4v) is 3.84. The summed E-state index contributed by atoms with van der Waals surface area (Å²) in [6.07, 6.45) is 1.49. The van der Waals surface area contributed by atoms with Gasteiger partial charge in [-0.3, -0.25) is 4.79 Å². The smallest absolute Gasteiger partial charge is 0.303 e. The minimum atomic E-state index is -0.802. The summed E-state index contributed by atoms with van der Waals surface area (Å²) in [5.74, 6) is -0.223. The van der Waals surface area contributed by atoms with Crippen molar-refractivity contribution in [3.05, 3.63) is 53.1 Å². The Morgan fingerprint density at radius 3 is 2.69 bits per heavy atom.